The summed E-state index contributed by atoms with van der Waals surface area (Å²) in [6.07, 6.45) is 0. The highest BCUT2D eigenvalue weighted by atomic mass is 15.2. The lowest BCUT2D eigenvalue weighted by Crippen LogP contribution is -2.11. The smallest absolute Gasteiger partial charge is 0.0782 e. The van der Waals surface area contributed by atoms with E-state index in [2.05, 4.69) is 202 Å². The van der Waals surface area contributed by atoms with Crippen LogP contribution >= 0.6 is 0 Å². The second-order valence-electron chi connectivity index (χ2n) is 13.4. The zero-order valence-corrected chi connectivity index (χ0v) is 27.7. The van der Waals surface area contributed by atoms with Crippen molar-refractivity contribution in [2.24, 2.45) is 0 Å². The molecule has 0 fully saturated rings. The van der Waals surface area contributed by atoms with Gasteiger partial charge in [-0.1, -0.05) is 127 Å². The Hall–Kier alpha value is -6.84. The maximum Gasteiger partial charge on any atom is 0.0782 e. The molecule has 3 heterocycles. The Bertz CT molecular complexity index is 3060. The first-order chi connectivity index (χ1) is 25.3. The molecule has 238 valence electrons. The van der Waals surface area contributed by atoms with Crippen molar-refractivity contribution in [2.75, 3.05) is 4.90 Å². The van der Waals surface area contributed by atoms with Crippen molar-refractivity contribution in [3.8, 4) is 16.8 Å². The number of nitrogens with zero attached hydrogens (tertiary/aromatic N) is 3. The van der Waals surface area contributed by atoms with E-state index >= 15 is 0 Å². The molecule has 11 rings (SSSR count). The van der Waals surface area contributed by atoms with Crippen molar-refractivity contribution in [1.82, 2.24) is 8.97 Å². The number of para-hydroxylation sites is 5. The van der Waals surface area contributed by atoms with E-state index < -0.39 is 0 Å². The number of aromatic nitrogens is 2. The minimum Gasteiger partial charge on any atom is -0.309 e. The Labute approximate surface area is 294 Å². The largest absolute Gasteiger partial charge is 0.309 e. The molecule has 0 amide bonds. The molecule has 0 saturated carbocycles. The Morgan fingerprint density at radius 3 is 1.63 bits per heavy atom. The standard InChI is InChI=1S/C48H31N3/c1-3-13-32(14-4-1)33-25-27-35(28-26-33)49(36-29-30-45-42(31-36)38-18-8-9-22-43(38)50(45)34-15-5-2-6-16-34)46-24-12-21-41-40-20-11-19-39-37-17-7-10-23-44(37)51(47(39)40)48(41)46/h1-31H. The summed E-state index contributed by atoms with van der Waals surface area (Å²) in [5.41, 5.74) is 13.0. The molecule has 0 unspecified atom stereocenters. The number of benzene rings is 8. The number of rotatable bonds is 5. The molecule has 0 aliphatic carbocycles. The first-order valence-electron chi connectivity index (χ1n) is 17.5. The topological polar surface area (TPSA) is 12.6 Å². The summed E-state index contributed by atoms with van der Waals surface area (Å²) in [5, 5.41) is 7.57. The number of fused-ring (bicyclic) bond motifs is 9. The van der Waals surface area contributed by atoms with E-state index in [0.29, 0.717) is 0 Å². The van der Waals surface area contributed by atoms with E-state index in [-0.39, 0.29) is 0 Å². The van der Waals surface area contributed by atoms with E-state index in [1.165, 1.54) is 71.0 Å². The fourth-order valence-corrected chi connectivity index (χ4v) is 8.45. The number of anilines is 3. The van der Waals surface area contributed by atoms with Gasteiger partial charge in [0.1, 0.15) is 0 Å². The van der Waals surface area contributed by atoms with Crippen molar-refractivity contribution in [2.45, 2.75) is 0 Å². The summed E-state index contributed by atoms with van der Waals surface area (Å²) < 4.78 is 4.88. The quantitative estimate of drug-likeness (QED) is 0.181. The lowest BCUT2D eigenvalue weighted by Gasteiger charge is -2.27. The van der Waals surface area contributed by atoms with Crippen LogP contribution in [0, 0.1) is 0 Å². The van der Waals surface area contributed by atoms with Crippen LogP contribution in [0.2, 0.25) is 0 Å². The molecule has 8 aromatic carbocycles. The molecule has 0 bridgehead atoms. The molecule has 0 aliphatic heterocycles. The highest BCUT2D eigenvalue weighted by molar-refractivity contribution is 6.25. The van der Waals surface area contributed by atoms with Crippen molar-refractivity contribution < 1.29 is 0 Å². The molecule has 11 aromatic rings. The van der Waals surface area contributed by atoms with Crippen molar-refractivity contribution >= 4 is 77.0 Å². The molecule has 51 heavy (non-hydrogen) atoms. The Morgan fingerprint density at radius 2 is 0.863 bits per heavy atom. The van der Waals surface area contributed by atoms with Gasteiger partial charge in [0.15, 0.2) is 0 Å². The molecular formula is C48H31N3. The van der Waals surface area contributed by atoms with E-state index in [0.717, 1.165) is 22.7 Å². The molecule has 0 radical (unpaired) electrons. The first kappa shape index (κ1) is 28.0. The second kappa shape index (κ2) is 10.8. The zero-order chi connectivity index (χ0) is 33.5. The molecule has 0 N–H and O–H groups in total. The van der Waals surface area contributed by atoms with E-state index in [1.807, 2.05) is 0 Å². The summed E-state index contributed by atoms with van der Waals surface area (Å²) in [6.45, 7) is 0. The van der Waals surface area contributed by atoms with E-state index in [9.17, 15) is 0 Å². The lowest BCUT2D eigenvalue weighted by molar-refractivity contribution is 1.18. The first-order valence-corrected chi connectivity index (χ1v) is 17.5. The molecule has 3 aromatic heterocycles. The van der Waals surface area contributed by atoms with Gasteiger partial charge < -0.3 is 13.9 Å². The van der Waals surface area contributed by atoms with Crippen LogP contribution in [0.5, 0.6) is 0 Å². The normalized spacial score (nSPS) is 11.9. The van der Waals surface area contributed by atoms with Crippen LogP contribution in [0.4, 0.5) is 17.1 Å². The van der Waals surface area contributed by atoms with Gasteiger partial charge in [-0.3, -0.25) is 0 Å². The van der Waals surface area contributed by atoms with Gasteiger partial charge in [-0.25, -0.2) is 0 Å². The number of hydrogen-bond acceptors (Lipinski definition) is 1. The van der Waals surface area contributed by atoms with Crippen molar-refractivity contribution in [3.05, 3.63) is 188 Å². The van der Waals surface area contributed by atoms with Crippen LogP contribution in [-0.2, 0) is 0 Å². The predicted molar refractivity (Wildman–Crippen MR) is 216 cm³/mol. The molecule has 3 heteroatoms. The van der Waals surface area contributed by atoms with E-state index in [4.69, 9.17) is 0 Å². The fourth-order valence-electron chi connectivity index (χ4n) is 8.45. The maximum absolute atomic E-state index is 2.50. The molecule has 0 saturated heterocycles. The summed E-state index contributed by atoms with van der Waals surface area (Å²) >= 11 is 0. The molecular weight excluding hydrogens is 619 g/mol. The van der Waals surface area contributed by atoms with Gasteiger partial charge in [0.2, 0.25) is 0 Å². The van der Waals surface area contributed by atoms with Crippen LogP contribution in [0.25, 0.3) is 76.7 Å². The van der Waals surface area contributed by atoms with Crippen molar-refractivity contribution in [1.29, 1.82) is 0 Å². The van der Waals surface area contributed by atoms with Gasteiger partial charge in [0, 0.05) is 49.4 Å². The molecule has 0 spiro atoms. The Morgan fingerprint density at radius 1 is 0.333 bits per heavy atom. The SMILES string of the molecule is c1ccc(-c2ccc(N(c3ccc4c(c3)c3ccccc3n4-c3ccccc3)c3cccc4c5cccc6c7ccccc7n(c34)c65)cc2)cc1. The number of hydrogen-bond donors (Lipinski definition) is 0. The van der Waals surface area contributed by atoms with Crippen LogP contribution in [0.1, 0.15) is 0 Å². The third-order valence-electron chi connectivity index (χ3n) is 10.6. The second-order valence-corrected chi connectivity index (χ2v) is 13.4. The molecule has 3 nitrogen and oxygen atoms in total. The van der Waals surface area contributed by atoms with Gasteiger partial charge >= 0.3 is 0 Å². The van der Waals surface area contributed by atoms with Crippen LogP contribution < -0.4 is 4.90 Å². The summed E-state index contributed by atoms with van der Waals surface area (Å²) in [5.74, 6) is 0. The average Bonchev–Trinajstić information content (AvgIpc) is 3.84. The van der Waals surface area contributed by atoms with Crippen molar-refractivity contribution in [3.63, 3.8) is 0 Å². The lowest BCUT2D eigenvalue weighted by atomic mass is 10.0. The van der Waals surface area contributed by atoms with Gasteiger partial charge in [-0.15, -0.1) is 0 Å². The third-order valence-corrected chi connectivity index (χ3v) is 10.6. The van der Waals surface area contributed by atoms with Gasteiger partial charge in [0.25, 0.3) is 0 Å². The molecule has 0 atom stereocenters. The summed E-state index contributed by atoms with van der Waals surface area (Å²) in [4.78, 5) is 2.45. The fraction of sp³-hybridized carbons (Fsp3) is 0. The molecule has 0 aliphatic rings. The van der Waals surface area contributed by atoms with Gasteiger partial charge in [-0.2, -0.15) is 0 Å². The summed E-state index contributed by atoms with van der Waals surface area (Å²) in [7, 11) is 0. The summed E-state index contributed by atoms with van der Waals surface area (Å²) in [6, 6.07) is 68.4. The Kier molecular flexibility index (Phi) is 5.96. The highest BCUT2D eigenvalue weighted by Gasteiger charge is 2.24. The average molecular weight is 650 g/mol. The predicted octanol–water partition coefficient (Wildman–Crippen LogP) is 13.1. The van der Waals surface area contributed by atoms with Gasteiger partial charge in [-0.05, 0) is 71.8 Å². The minimum atomic E-state index is 1.11. The van der Waals surface area contributed by atoms with Crippen LogP contribution in [0.3, 0.4) is 0 Å². The monoisotopic (exact) mass is 649 g/mol. The van der Waals surface area contributed by atoms with Gasteiger partial charge in [0.05, 0.1) is 33.3 Å². The van der Waals surface area contributed by atoms with E-state index in [1.54, 1.807) is 0 Å². The zero-order valence-electron chi connectivity index (χ0n) is 27.7. The third kappa shape index (κ3) is 4.06. The van der Waals surface area contributed by atoms with Crippen LogP contribution in [0.15, 0.2) is 188 Å². The highest BCUT2D eigenvalue weighted by Crippen LogP contribution is 2.46. The minimum absolute atomic E-state index is 1.11. The van der Waals surface area contributed by atoms with Crippen LogP contribution in [-0.4, -0.2) is 8.97 Å². The Balaban J connectivity index is 1.22. The maximum atomic E-state index is 2.50.